The molecule has 2 amide bonds. The van der Waals surface area contributed by atoms with Crippen molar-refractivity contribution in [3.63, 3.8) is 0 Å². The molecule has 1 saturated heterocycles. The minimum atomic E-state index is -4.52. The second-order valence-corrected chi connectivity index (χ2v) is 6.13. The summed E-state index contributed by atoms with van der Waals surface area (Å²) in [6.45, 7) is 0.868. The Labute approximate surface area is 147 Å². The number of imide groups is 1. The number of hydrogen-bond acceptors (Lipinski definition) is 5. The maximum absolute atomic E-state index is 13.1. The first-order valence-corrected chi connectivity index (χ1v) is 8.23. The van der Waals surface area contributed by atoms with Gasteiger partial charge in [0.05, 0.1) is 30.1 Å². The van der Waals surface area contributed by atoms with Crippen LogP contribution in [-0.2, 0) is 15.8 Å². The van der Waals surface area contributed by atoms with Crippen LogP contribution in [0.15, 0.2) is 30.0 Å². The van der Waals surface area contributed by atoms with Crippen LogP contribution in [0, 0.1) is 0 Å². The number of nitrogens with zero attached hydrogens (tertiary/aromatic N) is 2. The lowest BCUT2D eigenvalue weighted by Gasteiger charge is -2.23. The molecule has 0 aliphatic carbocycles. The highest BCUT2D eigenvalue weighted by Gasteiger charge is 2.34. The van der Waals surface area contributed by atoms with Crippen molar-refractivity contribution < 1.29 is 27.9 Å². The number of hydrogen-bond donors (Lipinski definition) is 2. The lowest BCUT2D eigenvalue weighted by molar-refractivity contribution is -0.138. The predicted molar refractivity (Wildman–Crippen MR) is 88.4 cm³/mol. The van der Waals surface area contributed by atoms with Crippen molar-refractivity contribution in [3.8, 4) is 0 Å². The Morgan fingerprint density at radius 3 is 2.46 bits per heavy atom. The zero-order valence-electron chi connectivity index (χ0n) is 13.8. The van der Waals surface area contributed by atoms with E-state index in [2.05, 4.69) is 5.32 Å². The number of aliphatic hydroxyl groups is 1. The summed E-state index contributed by atoms with van der Waals surface area (Å²) >= 11 is 0. The van der Waals surface area contributed by atoms with Gasteiger partial charge in [0, 0.05) is 19.2 Å². The van der Waals surface area contributed by atoms with E-state index in [0.717, 1.165) is 36.0 Å². The first-order valence-electron chi connectivity index (χ1n) is 8.23. The van der Waals surface area contributed by atoms with E-state index in [0.29, 0.717) is 18.8 Å². The first kappa shape index (κ1) is 18.2. The zero-order chi connectivity index (χ0) is 18.9. The minimum absolute atomic E-state index is 0.108. The highest BCUT2D eigenvalue weighted by atomic mass is 19.4. The fraction of sp³-hybridized carbons (Fsp3) is 0.412. The third kappa shape index (κ3) is 3.52. The normalized spacial score (nSPS) is 17.9. The van der Waals surface area contributed by atoms with E-state index < -0.39 is 23.6 Å². The van der Waals surface area contributed by atoms with Crippen molar-refractivity contribution in [1.29, 1.82) is 0 Å². The third-order valence-corrected chi connectivity index (χ3v) is 4.37. The Kier molecular flexibility index (Phi) is 4.90. The summed E-state index contributed by atoms with van der Waals surface area (Å²) in [7, 11) is 0. The molecule has 1 aromatic rings. The van der Waals surface area contributed by atoms with E-state index in [1.165, 1.54) is 6.07 Å². The molecule has 0 aromatic heterocycles. The lowest BCUT2D eigenvalue weighted by Crippen LogP contribution is -2.34. The first-order chi connectivity index (χ1) is 12.3. The molecule has 2 aliphatic rings. The molecular weight excluding hydrogens is 351 g/mol. The van der Waals surface area contributed by atoms with Gasteiger partial charge in [0.2, 0.25) is 0 Å². The number of nitrogens with one attached hydrogen (secondary N) is 1. The highest BCUT2D eigenvalue weighted by molar-refractivity contribution is 6.17. The molecule has 140 valence electrons. The molecule has 26 heavy (non-hydrogen) atoms. The van der Waals surface area contributed by atoms with E-state index in [4.69, 9.17) is 5.11 Å². The van der Waals surface area contributed by atoms with Crippen molar-refractivity contribution in [2.45, 2.75) is 19.0 Å². The maximum atomic E-state index is 13.1. The maximum Gasteiger partial charge on any atom is 0.416 e. The predicted octanol–water partition coefficient (Wildman–Crippen LogP) is 1.96. The van der Waals surface area contributed by atoms with E-state index in [1.54, 1.807) is 0 Å². The van der Waals surface area contributed by atoms with Gasteiger partial charge in [-0.05, 0) is 31.0 Å². The molecule has 2 aliphatic heterocycles. The number of aliphatic hydroxyl groups excluding tert-OH is 1. The Hall–Kier alpha value is -2.55. The number of halogens is 3. The summed E-state index contributed by atoms with van der Waals surface area (Å²) in [5, 5.41) is 11.6. The average Bonchev–Trinajstić information content (AvgIpc) is 3.19. The average molecular weight is 369 g/mol. The summed E-state index contributed by atoms with van der Waals surface area (Å²) in [4.78, 5) is 26.9. The Morgan fingerprint density at radius 2 is 1.85 bits per heavy atom. The van der Waals surface area contributed by atoms with Gasteiger partial charge in [-0.2, -0.15) is 13.2 Å². The number of β-amino-alcohol motifs (C(OH)–C–C–N with tert-alkyl or cyclic N) is 1. The number of rotatable bonds is 5. The number of alkyl halides is 3. The third-order valence-electron chi connectivity index (χ3n) is 4.37. The van der Waals surface area contributed by atoms with Gasteiger partial charge in [-0.25, -0.2) is 0 Å². The smallest absolute Gasteiger partial charge is 0.395 e. The summed E-state index contributed by atoms with van der Waals surface area (Å²) in [5.41, 5.74) is -0.270. The van der Waals surface area contributed by atoms with Crippen LogP contribution in [0.25, 0.3) is 0 Å². The lowest BCUT2D eigenvalue weighted by atomic mass is 10.1. The Balaban J connectivity index is 1.93. The molecule has 1 fully saturated rings. The second-order valence-electron chi connectivity index (χ2n) is 6.13. The molecule has 0 unspecified atom stereocenters. The zero-order valence-corrected chi connectivity index (χ0v) is 13.8. The Morgan fingerprint density at radius 1 is 1.15 bits per heavy atom. The van der Waals surface area contributed by atoms with Gasteiger partial charge in [-0.15, -0.1) is 0 Å². The van der Waals surface area contributed by atoms with Gasteiger partial charge in [-0.3, -0.25) is 14.5 Å². The van der Waals surface area contributed by atoms with Gasteiger partial charge in [0.1, 0.15) is 5.70 Å². The van der Waals surface area contributed by atoms with Gasteiger partial charge in [0.15, 0.2) is 0 Å². The molecule has 0 atom stereocenters. The quantitative estimate of drug-likeness (QED) is 0.777. The van der Waals surface area contributed by atoms with Gasteiger partial charge < -0.3 is 15.3 Å². The molecule has 6 nitrogen and oxygen atoms in total. The second kappa shape index (κ2) is 6.99. The summed E-state index contributed by atoms with van der Waals surface area (Å²) in [6.07, 6.45) is -1.62. The fourth-order valence-electron chi connectivity index (χ4n) is 3.10. The van der Waals surface area contributed by atoms with Crippen LogP contribution in [0.5, 0.6) is 0 Å². The van der Waals surface area contributed by atoms with Gasteiger partial charge in [-0.1, -0.05) is 0 Å². The SMILES string of the molecule is O=C1C=C(Nc2cc(C(F)(F)F)ccc2N2CCCC2)C(=O)N1CCO. The van der Waals surface area contributed by atoms with Crippen LogP contribution in [0.1, 0.15) is 18.4 Å². The summed E-state index contributed by atoms with van der Waals surface area (Å²) < 4.78 is 39.2. The number of amides is 2. The molecule has 2 heterocycles. The fourth-order valence-corrected chi connectivity index (χ4v) is 3.10. The summed E-state index contributed by atoms with van der Waals surface area (Å²) in [6, 6.07) is 3.33. The van der Waals surface area contributed by atoms with Crippen LogP contribution >= 0.6 is 0 Å². The molecule has 0 saturated carbocycles. The minimum Gasteiger partial charge on any atom is -0.395 e. The standard InChI is InChI=1S/C17H18F3N3O3/c18-17(19,20)11-3-4-14(22-5-1-2-6-22)12(9-11)21-13-10-15(25)23(7-8-24)16(13)26/h3-4,9-10,21,24H,1-2,5-8H2. The number of anilines is 2. The van der Waals surface area contributed by atoms with Gasteiger partial charge in [0.25, 0.3) is 11.8 Å². The van der Waals surface area contributed by atoms with Crippen molar-refractivity contribution in [2.75, 3.05) is 36.5 Å². The molecule has 3 rings (SSSR count). The monoisotopic (exact) mass is 369 g/mol. The number of carbonyl (C=O) groups is 2. The van der Waals surface area contributed by atoms with E-state index in [1.807, 2.05) is 4.90 Å². The van der Waals surface area contributed by atoms with E-state index in [-0.39, 0.29) is 24.5 Å². The van der Waals surface area contributed by atoms with Crippen LogP contribution in [-0.4, -0.2) is 48.1 Å². The number of benzene rings is 1. The molecular formula is C17H18F3N3O3. The van der Waals surface area contributed by atoms with Crippen molar-refractivity contribution >= 4 is 23.2 Å². The Bertz CT molecular complexity index is 755. The molecule has 0 bridgehead atoms. The highest BCUT2D eigenvalue weighted by Crippen LogP contribution is 2.37. The summed E-state index contributed by atoms with van der Waals surface area (Å²) in [5.74, 6) is -1.28. The van der Waals surface area contributed by atoms with Gasteiger partial charge >= 0.3 is 6.18 Å². The van der Waals surface area contributed by atoms with Crippen LogP contribution in [0.4, 0.5) is 24.5 Å². The molecule has 0 spiro atoms. The van der Waals surface area contributed by atoms with Crippen molar-refractivity contribution in [2.24, 2.45) is 0 Å². The van der Waals surface area contributed by atoms with Crippen LogP contribution in [0.3, 0.4) is 0 Å². The largest absolute Gasteiger partial charge is 0.416 e. The molecule has 9 heteroatoms. The van der Waals surface area contributed by atoms with Crippen LogP contribution < -0.4 is 10.2 Å². The van der Waals surface area contributed by atoms with E-state index in [9.17, 15) is 22.8 Å². The topological polar surface area (TPSA) is 72.9 Å². The van der Waals surface area contributed by atoms with Crippen molar-refractivity contribution in [1.82, 2.24) is 4.90 Å². The molecule has 1 aromatic carbocycles. The van der Waals surface area contributed by atoms with Crippen molar-refractivity contribution in [3.05, 3.63) is 35.5 Å². The van der Waals surface area contributed by atoms with Crippen LogP contribution in [0.2, 0.25) is 0 Å². The molecule has 0 radical (unpaired) electrons. The van der Waals surface area contributed by atoms with E-state index >= 15 is 0 Å². The molecule has 2 N–H and O–H groups in total. The number of carbonyl (C=O) groups excluding carboxylic acids is 2.